The Kier molecular flexibility index (Phi) is 29.5. The van der Waals surface area contributed by atoms with E-state index in [1.807, 2.05) is 18.2 Å². The van der Waals surface area contributed by atoms with Gasteiger partial charge in [-0.15, -0.1) is 27.7 Å². The Morgan fingerprint density at radius 3 is 0.531 bits per heavy atom. The summed E-state index contributed by atoms with van der Waals surface area (Å²) in [5, 5.41) is 0. The van der Waals surface area contributed by atoms with Crippen molar-refractivity contribution in [1.82, 2.24) is 4.98 Å². The van der Waals surface area contributed by atoms with Crippen LogP contribution >= 0.6 is 59.0 Å². The van der Waals surface area contributed by atoms with E-state index in [0.717, 1.165) is 17.0 Å². The molecule has 1 radical (unpaired) electrons. The summed E-state index contributed by atoms with van der Waals surface area (Å²) in [7, 11) is -33.9. The van der Waals surface area contributed by atoms with Gasteiger partial charge in [0.1, 0.15) is 0 Å². The second kappa shape index (κ2) is 25.6. The van der Waals surface area contributed by atoms with Crippen LogP contribution in [0.4, 0.5) is 101 Å². The van der Waals surface area contributed by atoms with Crippen LogP contribution in [-0.2, 0) is 20.1 Å². The maximum atomic E-state index is 9.87. The molecule has 3 fully saturated rings. The Labute approximate surface area is 377 Å². The molecule has 1 nitrogen and oxygen atoms in total. The van der Waals surface area contributed by atoms with Gasteiger partial charge >= 0.3 is 152 Å². The smallest absolute Gasteiger partial charge is 0.265 e. The first-order chi connectivity index (χ1) is 27.0. The third-order valence-corrected chi connectivity index (χ3v) is 8.85. The molecule has 4 aliphatic carbocycles. The number of halogens is 24. The quantitative estimate of drug-likeness (QED) is 0.143. The van der Waals surface area contributed by atoms with Gasteiger partial charge in [0.05, 0.1) is 0 Å². The molecule has 1 aromatic rings. The van der Waals surface area contributed by atoms with Crippen LogP contribution in [0.25, 0.3) is 0 Å². The van der Waals surface area contributed by atoms with Crippen molar-refractivity contribution in [2.24, 2.45) is 0 Å². The van der Waals surface area contributed by atoms with E-state index in [1.54, 1.807) is 12.4 Å². The van der Waals surface area contributed by atoms with Gasteiger partial charge in [0.25, 0.3) is 0 Å². The predicted octanol–water partition coefficient (Wildman–Crippen LogP) is 23.9. The Balaban J connectivity index is -0.000000204. The van der Waals surface area contributed by atoms with Crippen LogP contribution in [-0.4, -0.2) is 22.0 Å². The Morgan fingerprint density at radius 2 is 0.453 bits per heavy atom. The molecule has 3 atom stereocenters. The molecule has 1 heterocycles. The molecule has 0 saturated heterocycles. The van der Waals surface area contributed by atoms with E-state index in [0.29, 0.717) is 0 Å². The van der Waals surface area contributed by atoms with Gasteiger partial charge in [-0.3, -0.25) is 4.98 Å². The van der Waals surface area contributed by atoms with Crippen molar-refractivity contribution in [1.29, 1.82) is 0 Å². The molecule has 0 aliphatic heterocycles. The van der Waals surface area contributed by atoms with E-state index in [2.05, 4.69) is 57.0 Å². The van der Waals surface area contributed by atoms with Crippen molar-refractivity contribution >= 4 is 59.0 Å². The molecule has 64 heavy (non-hydrogen) atoms. The van der Waals surface area contributed by atoms with E-state index < -0.39 is 31.2 Å². The number of hydrogen-bond donors (Lipinski definition) is 0. The number of aromatic nitrogens is 1. The normalized spacial score (nSPS) is 22.7. The summed E-state index contributed by atoms with van der Waals surface area (Å²) in [5.41, 5.74) is 2.86. The van der Waals surface area contributed by atoms with Gasteiger partial charge in [-0.2, -0.15) is 0 Å². The minimum Gasteiger partial charge on any atom is -0.265 e. The molecule has 397 valence electrons. The maximum absolute atomic E-state index is 10.7. The predicted molar refractivity (Wildman–Crippen MR) is 225 cm³/mol. The SMILES string of the molecule is C1=C\CC/C=C\CC/1.F[P-](F)(F)(F)(F)F.F[P-](F)(F)(F)(F)F.F[P-](F)(F)(F)(F)F.F[P-](F)(F)(F)(F)F.PC1CCCCC1.PC1CCCCC1.PC1CCCCC1.[Ir+4].c1ccncc1. The molecule has 5 rings (SSSR count). The molecule has 4 aliphatic rings. The van der Waals surface area contributed by atoms with Gasteiger partial charge in [0.15, 0.2) is 0 Å². The van der Waals surface area contributed by atoms with Crippen molar-refractivity contribution in [3.63, 3.8) is 0 Å². The summed E-state index contributed by atoms with van der Waals surface area (Å²) in [6.45, 7) is 0. The molecule has 0 spiro atoms. The van der Waals surface area contributed by atoms with Gasteiger partial charge in [-0.25, -0.2) is 0 Å². The summed E-state index contributed by atoms with van der Waals surface area (Å²) < 4.78 is 237. The topological polar surface area (TPSA) is 12.9 Å². The Hall–Kier alpha value is 0.609. The third kappa shape index (κ3) is 159. The van der Waals surface area contributed by atoms with Crippen molar-refractivity contribution in [2.75, 3.05) is 0 Å². The molecule has 3 saturated carbocycles. The molecule has 0 aromatic carbocycles. The number of allylic oxidation sites excluding steroid dienone is 4. The van der Waals surface area contributed by atoms with Crippen LogP contribution in [0.3, 0.4) is 0 Å². The van der Waals surface area contributed by atoms with Crippen LogP contribution in [0.1, 0.15) is 122 Å². The largest absolute Gasteiger partial charge is 4.00 e. The first-order valence-electron chi connectivity index (χ1n) is 18.7. The molecule has 3 unspecified atom stereocenters. The van der Waals surface area contributed by atoms with Crippen LogP contribution in [0.15, 0.2) is 54.9 Å². The van der Waals surface area contributed by atoms with Crippen molar-refractivity contribution in [2.45, 2.75) is 139 Å². The van der Waals surface area contributed by atoms with Crippen LogP contribution in [0, 0.1) is 0 Å². The minimum absolute atomic E-state index is 0. The minimum atomic E-state index is -10.7. The maximum Gasteiger partial charge on any atom is 4.00 e. The van der Waals surface area contributed by atoms with Crippen LogP contribution < -0.4 is 0 Å². The summed E-state index contributed by atoms with van der Waals surface area (Å²) >= 11 is 0. The van der Waals surface area contributed by atoms with E-state index >= 15 is 0 Å². The fourth-order valence-corrected chi connectivity index (χ4v) is 5.99. The zero-order chi connectivity index (χ0) is 50.9. The van der Waals surface area contributed by atoms with Crippen LogP contribution in [0.2, 0.25) is 0 Å². The fourth-order valence-electron chi connectivity index (χ4n) is 4.57. The standard InChI is InChI=1S/C8H12.3C6H13P.C5H5N.4F6P.Ir/c1-2-4-6-8-7-5-3-1;3*7-6-4-2-1-3-5-6;1-2-4-6-5-3-1;4*1-7(2,3,4,5)6;/h1-2,7-8H,3-6H2;3*6H,1-5,7H2;1-5H;;;;;/q;;;;;4*-1;+4/b2-1-,8-7-;;;;;;;;;. The summed E-state index contributed by atoms with van der Waals surface area (Å²) in [6.07, 6.45) is 39.4. The van der Waals surface area contributed by atoms with Gasteiger partial charge < -0.3 is 0 Å². The molecule has 33 heteroatoms. The van der Waals surface area contributed by atoms with Gasteiger partial charge in [-0.05, 0) is 93.3 Å². The summed E-state index contributed by atoms with van der Waals surface area (Å²) in [4.78, 5) is 3.78. The Morgan fingerprint density at radius 1 is 0.297 bits per heavy atom. The number of hydrogen-bond acceptors (Lipinski definition) is 1. The van der Waals surface area contributed by atoms with Crippen molar-refractivity contribution in [3.05, 3.63) is 54.9 Å². The Bertz CT molecular complexity index is 1160. The second-order valence-electron chi connectivity index (χ2n) is 14.1. The molecular weight excluding hydrogens is 1250 g/mol. The number of pyridine rings is 1. The van der Waals surface area contributed by atoms with Gasteiger partial charge in [0.2, 0.25) is 0 Å². The van der Waals surface area contributed by atoms with E-state index in [1.165, 1.54) is 122 Å². The van der Waals surface area contributed by atoms with E-state index in [4.69, 9.17) is 0 Å². The zero-order valence-corrected chi connectivity index (χ0v) is 43.2. The average Bonchev–Trinajstić information content (AvgIpc) is 2.98. The monoisotopic (exact) mass is 1310 g/mol. The first-order valence-corrected chi connectivity index (χ1v) is 28.8. The first kappa shape index (κ1) is 73.6. The summed E-state index contributed by atoms with van der Waals surface area (Å²) in [6, 6.07) is 5.72. The zero-order valence-electron chi connectivity index (χ0n) is 33.7. The molecule has 0 amide bonds. The number of nitrogens with zero attached hydrogens (tertiary/aromatic N) is 1. The number of rotatable bonds is 0. The molecule has 0 N–H and O–H groups in total. The molecule has 0 bridgehead atoms. The van der Waals surface area contributed by atoms with Gasteiger partial charge in [0, 0.05) is 12.4 Å². The van der Waals surface area contributed by atoms with Gasteiger partial charge in [-0.1, -0.05) is 88.2 Å². The van der Waals surface area contributed by atoms with Crippen molar-refractivity contribution in [3.8, 4) is 0 Å². The van der Waals surface area contributed by atoms with Crippen molar-refractivity contribution < 1.29 is 121 Å². The average molecular weight is 1310 g/mol. The van der Waals surface area contributed by atoms with E-state index in [-0.39, 0.29) is 20.1 Å². The molecule has 1 aromatic heterocycles. The second-order valence-corrected chi connectivity index (χ2v) is 24.6. The van der Waals surface area contributed by atoms with Crippen LogP contribution in [0.5, 0.6) is 0 Å². The molecular formula is C31H56F24IrNP7. The third-order valence-electron chi connectivity index (χ3n) is 6.85. The fraction of sp³-hybridized carbons (Fsp3) is 0.710. The summed E-state index contributed by atoms with van der Waals surface area (Å²) in [5.74, 6) is 0. The van der Waals surface area contributed by atoms with E-state index in [9.17, 15) is 101 Å².